The van der Waals surface area contributed by atoms with Crippen molar-refractivity contribution in [3.63, 3.8) is 0 Å². The van der Waals surface area contributed by atoms with Gasteiger partial charge in [0, 0.05) is 18.2 Å². The van der Waals surface area contributed by atoms with Crippen LogP contribution in [0, 0.1) is 15.9 Å². The van der Waals surface area contributed by atoms with Crippen molar-refractivity contribution in [1.82, 2.24) is 5.32 Å². The van der Waals surface area contributed by atoms with E-state index in [2.05, 4.69) is 5.32 Å². The van der Waals surface area contributed by atoms with Crippen LogP contribution in [0.3, 0.4) is 0 Å². The first-order chi connectivity index (χ1) is 9.97. The molecule has 1 aliphatic carbocycles. The zero-order chi connectivity index (χ0) is 15.4. The first-order valence-electron chi connectivity index (χ1n) is 6.88. The Hall–Kier alpha value is -2.18. The third-order valence-corrected chi connectivity index (χ3v) is 3.49. The zero-order valence-corrected chi connectivity index (χ0v) is 11.7. The molecule has 2 rings (SSSR count). The highest BCUT2D eigenvalue weighted by atomic mass is 19.1. The second-order valence-corrected chi connectivity index (χ2v) is 5.12. The summed E-state index contributed by atoms with van der Waals surface area (Å²) in [7, 11) is 0. The third-order valence-electron chi connectivity index (χ3n) is 3.49. The SMILES string of the molecule is C[C@H](Oc1cc(F)ccc1[N+](=O)[O-])C(=O)NC1CCCC1. The van der Waals surface area contributed by atoms with Gasteiger partial charge in [0.05, 0.1) is 4.92 Å². The first-order valence-corrected chi connectivity index (χ1v) is 6.88. The van der Waals surface area contributed by atoms with Crippen molar-refractivity contribution < 1.29 is 18.8 Å². The summed E-state index contributed by atoms with van der Waals surface area (Å²) in [6, 6.07) is 3.05. The summed E-state index contributed by atoms with van der Waals surface area (Å²) < 4.78 is 18.5. The van der Waals surface area contributed by atoms with Crippen molar-refractivity contribution in [3.05, 3.63) is 34.1 Å². The molecule has 0 radical (unpaired) electrons. The minimum Gasteiger partial charge on any atom is -0.474 e. The largest absolute Gasteiger partial charge is 0.474 e. The summed E-state index contributed by atoms with van der Waals surface area (Å²) in [4.78, 5) is 22.2. The maximum Gasteiger partial charge on any atom is 0.311 e. The fourth-order valence-electron chi connectivity index (χ4n) is 2.37. The van der Waals surface area contributed by atoms with E-state index >= 15 is 0 Å². The molecule has 1 aliphatic rings. The summed E-state index contributed by atoms with van der Waals surface area (Å²) in [5, 5.41) is 13.7. The van der Waals surface area contributed by atoms with E-state index in [1.165, 1.54) is 6.92 Å². The van der Waals surface area contributed by atoms with Crippen molar-refractivity contribution in [2.45, 2.75) is 44.8 Å². The quantitative estimate of drug-likeness (QED) is 0.668. The van der Waals surface area contributed by atoms with Crippen LogP contribution in [-0.4, -0.2) is 23.0 Å². The molecule has 0 bridgehead atoms. The fourth-order valence-corrected chi connectivity index (χ4v) is 2.37. The smallest absolute Gasteiger partial charge is 0.311 e. The summed E-state index contributed by atoms with van der Waals surface area (Å²) >= 11 is 0. The van der Waals surface area contributed by atoms with Gasteiger partial charge in [-0.15, -0.1) is 0 Å². The summed E-state index contributed by atoms with van der Waals surface area (Å²) in [6.07, 6.45) is 3.09. The Morgan fingerprint density at radius 1 is 1.48 bits per heavy atom. The highest BCUT2D eigenvalue weighted by molar-refractivity contribution is 5.81. The average molecular weight is 296 g/mol. The molecule has 114 valence electrons. The maximum atomic E-state index is 13.2. The predicted molar refractivity (Wildman–Crippen MR) is 73.5 cm³/mol. The number of hydrogen-bond acceptors (Lipinski definition) is 4. The van der Waals surface area contributed by atoms with Gasteiger partial charge in [-0.1, -0.05) is 12.8 Å². The van der Waals surface area contributed by atoms with Crippen LogP contribution in [0.4, 0.5) is 10.1 Å². The van der Waals surface area contributed by atoms with Gasteiger partial charge >= 0.3 is 5.69 Å². The van der Waals surface area contributed by atoms with Crippen molar-refractivity contribution in [3.8, 4) is 5.75 Å². The Morgan fingerprint density at radius 3 is 2.76 bits per heavy atom. The number of carbonyl (C=O) groups excluding carboxylic acids is 1. The molecule has 1 aromatic carbocycles. The van der Waals surface area contributed by atoms with Gasteiger partial charge in [-0.05, 0) is 25.8 Å². The molecule has 1 saturated carbocycles. The number of nitro benzene ring substituents is 1. The lowest BCUT2D eigenvalue weighted by molar-refractivity contribution is -0.386. The lowest BCUT2D eigenvalue weighted by atomic mass is 10.2. The van der Waals surface area contributed by atoms with E-state index in [4.69, 9.17) is 4.74 Å². The zero-order valence-electron chi connectivity index (χ0n) is 11.7. The van der Waals surface area contributed by atoms with Crippen LogP contribution in [-0.2, 0) is 4.79 Å². The molecule has 0 saturated heterocycles. The summed E-state index contributed by atoms with van der Waals surface area (Å²) in [5.41, 5.74) is -0.364. The molecule has 0 heterocycles. The topological polar surface area (TPSA) is 81.5 Å². The van der Waals surface area contributed by atoms with Crippen LogP contribution in [0.25, 0.3) is 0 Å². The molecule has 21 heavy (non-hydrogen) atoms. The number of hydrogen-bond donors (Lipinski definition) is 1. The standard InChI is InChI=1S/C14H17FN2O4/c1-9(14(18)16-11-4-2-3-5-11)21-13-8-10(15)6-7-12(13)17(19)20/h6-9,11H,2-5H2,1H3,(H,16,18)/t9-/m0/s1. The van der Waals surface area contributed by atoms with E-state index in [1.54, 1.807) is 0 Å². The van der Waals surface area contributed by atoms with E-state index in [0.29, 0.717) is 0 Å². The average Bonchev–Trinajstić information content (AvgIpc) is 2.91. The number of carbonyl (C=O) groups is 1. The summed E-state index contributed by atoms with van der Waals surface area (Å²) in [6.45, 7) is 1.49. The number of halogens is 1. The highest BCUT2D eigenvalue weighted by Crippen LogP contribution is 2.28. The predicted octanol–water partition coefficient (Wildman–Crippen LogP) is 2.56. The van der Waals surface area contributed by atoms with Gasteiger partial charge in [0.2, 0.25) is 5.75 Å². The van der Waals surface area contributed by atoms with Crippen molar-refractivity contribution in [2.24, 2.45) is 0 Å². The molecule has 1 atom stereocenters. The highest BCUT2D eigenvalue weighted by Gasteiger charge is 2.24. The molecule has 1 fully saturated rings. The lowest BCUT2D eigenvalue weighted by Gasteiger charge is -2.18. The van der Waals surface area contributed by atoms with Gasteiger partial charge in [-0.25, -0.2) is 4.39 Å². The van der Waals surface area contributed by atoms with Gasteiger partial charge in [-0.3, -0.25) is 14.9 Å². The number of amides is 1. The Balaban J connectivity index is 2.04. The van der Waals surface area contributed by atoms with Crippen LogP contribution in [0.1, 0.15) is 32.6 Å². The van der Waals surface area contributed by atoms with Crippen LogP contribution >= 0.6 is 0 Å². The van der Waals surface area contributed by atoms with Crippen molar-refractivity contribution >= 4 is 11.6 Å². The monoisotopic (exact) mass is 296 g/mol. The lowest BCUT2D eigenvalue weighted by Crippen LogP contribution is -2.41. The Kier molecular flexibility index (Phi) is 4.72. The number of nitro groups is 1. The fraction of sp³-hybridized carbons (Fsp3) is 0.500. The van der Waals surface area contributed by atoms with Crippen LogP contribution in [0.5, 0.6) is 5.75 Å². The van der Waals surface area contributed by atoms with E-state index in [0.717, 1.165) is 43.9 Å². The molecule has 0 aliphatic heterocycles. The molecule has 1 N–H and O–H groups in total. The maximum absolute atomic E-state index is 13.2. The van der Waals surface area contributed by atoms with Crippen LogP contribution in [0.2, 0.25) is 0 Å². The first kappa shape index (κ1) is 15.2. The minimum absolute atomic E-state index is 0.131. The van der Waals surface area contributed by atoms with Gasteiger partial charge in [0.1, 0.15) is 5.82 Å². The Bertz CT molecular complexity index is 544. The van der Waals surface area contributed by atoms with Crippen molar-refractivity contribution in [2.75, 3.05) is 0 Å². The van der Waals surface area contributed by atoms with Gasteiger partial charge in [0.25, 0.3) is 5.91 Å². The van der Waals surface area contributed by atoms with E-state index in [9.17, 15) is 19.3 Å². The van der Waals surface area contributed by atoms with Gasteiger partial charge in [-0.2, -0.15) is 0 Å². The number of benzene rings is 1. The molecular formula is C14H17FN2O4. The molecule has 0 spiro atoms. The second kappa shape index (κ2) is 6.51. The Morgan fingerprint density at radius 2 is 2.14 bits per heavy atom. The molecule has 0 aromatic heterocycles. The number of rotatable bonds is 5. The van der Waals surface area contributed by atoms with Gasteiger partial charge in [0.15, 0.2) is 6.10 Å². The molecular weight excluding hydrogens is 279 g/mol. The second-order valence-electron chi connectivity index (χ2n) is 5.12. The van der Waals surface area contributed by atoms with E-state index in [1.807, 2.05) is 0 Å². The van der Waals surface area contributed by atoms with E-state index < -0.39 is 16.8 Å². The van der Waals surface area contributed by atoms with Crippen LogP contribution in [0.15, 0.2) is 18.2 Å². The Labute approximate surface area is 121 Å². The van der Waals surface area contributed by atoms with Crippen molar-refractivity contribution in [1.29, 1.82) is 0 Å². The number of nitrogens with zero attached hydrogens (tertiary/aromatic N) is 1. The number of nitrogens with one attached hydrogen (secondary N) is 1. The molecule has 1 amide bonds. The van der Waals surface area contributed by atoms with E-state index in [-0.39, 0.29) is 23.4 Å². The molecule has 0 unspecified atom stereocenters. The molecule has 1 aromatic rings. The summed E-state index contributed by atoms with van der Waals surface area (Å²) in [5.74, 6) is -1.24. The van der Waals surface area contributed by atoms with Crippen LogP contribution < -0.4 is 10.1 Å². The number of ether oxygens (including phenoxy) is 1. The third kappa shape index (κ3) is 3.90. The van der Waals surface area contributed by atoms with Gasteiger partial charge < -0.3 is 10.1 Å². The normalized spacial score (nSPS) is 16.5. The molecule has 6 nitrogen and oxygen atoms in total. The minimum atomic E-state index is -0.925. The molecule has 7 heteroatoms.